The van der Waals surface area contributed by atoms with Gasteiger partial charge in [-0.2, -0.15) is 79.0 Å². The van der Waals surface area contributed by atoms with Crippen molar-refractivity contribution in [2.24, 2.45) is 0 Å². The number of carbonyl (C=O) groups is 3. The van der Waals surface area contributed by atoms with Crippen LogP contribution in [0.15, 0.2) is 237 Å². The predicted octanol–water partition coefficient (Wildman–Crippen LogP) is 22.1. The number of benzene rings is 9. The van der Waals surface area contributed by atoms with E-state index in [9.17, 15) is 134 Å². The number of halogens is 18. The van der Waals surface area contributed by atoms with Crippen molar-refractivity contribution in [2.75, 3.05) is 52.7 Å². The van der Waals surface area contributed by atoms with Crippen molar-refractivity contribution in [2.45, 2.75) is 168 Å². The van der Waals surface area contributed by atoms with E-state index < -0.39 is 206 Å². The molecule has 9 atom stereocenters. The highest BCUT2D eigenvalue weighted by atomic mass is 19.4. The van der Waals surface area contributed by atoms with Gasteiger partial charge in [0, 0.05) is 34.0 Å². The van der Waals surface area contributed by atoms with Gasteiger partial charge in [-0.25, -0.2) is 14.4 Å². The molecule has 3 aliphatic heterocycles. The summed E-state index contributed by atoms with van der Waals surface area (Å²) in [7, 11) is 0. The molecule has 0 bridgehead atoms. The maximum atomic E-state index is 13.7. The minimum absolute atomic E-state index is 0.0133. The zero-order valence-corrected chi connectivity index (χ0v) is 70.9. The van der Waals surface area contributed by atoms with Crippen molar-refractivity contribution in [1.29, 1.82) is 0 Å². The minimum atomic E-state index is -5.07. The van der Waals surface area contributed by atoms with E-state index in [1.54, 1.807) is 182 Å². The van der Waals surface area contributed by atoms with Crippen LogP contribution >= 0.6 is 0 Å². The van der Waals surface area contributed by atoms with Gasteiger partial charge in [0.1, 0.15) is 33.0 Å². The Morgan fingerprint density at radius 2 is 0.594 bits per heavy atom. The number of carbonyl (C=O) groups excluding carboxylic acids is 3. The molecule has 0 aliphatic carbocycles. The summed E-state index contributed by atoms with van der Waals surface area (Å²) in [5, 5.41) is 56.2. The Balaban J connectivity index is 0.000000207. The van der Waals surface area contributed by atoms with E-state index in [0.717, 1.165) is 9.80 Å². The highest BCUT2D eigenvalue weighted by molar-refractivity contribution is 5.71. The first-order valence-electron chi connectivity index (χ1n) is 40.9. The Hall–Kier alpha value is -12.5. The molecule has 9 aromatic carbocycles. The summed E-state index contributed by atoms with van der Waals surface area (Å²) in [6, 6.07) is 53.0. The summed E-state index contributed by atoms with van der Waals surface area (Å²) >= 11 is 0. The first-order valence-corrected chi connectivity index (χ1v) is 40.9. The summed E-state index contributed by atoms with van der Waals surface area (Å²) < 4.78 is 278. The molecule has 714 valence electrons. The van der Waals surface area contributed by atoms with E-state index in [-0.39, 0.29) is 95.3 Å². The van der Waals surface area contributed by atoms with Crippen LogP contribution in [0.25, 0.3) is 0 Å². The Morgan fingerprint density at radius 1 is 0.361 bits per heavy atom. The van der Waals surface area contributed by atoms with Crippen LogP contribution in [0.3, 0.4) is 0 Å². The third-order valence-electron chi connectivity index (χ3n) is 23.6. The van der Waals surface area contributed by atoms with Gasteiger partial charge in [0.2, 0.25) is 6.04 Å². The van der Waals surface area contributed by atoms with Crippen LogP contribution in [-0.2, 0) is 102 Å². The molecule has 3 amide bonds. The van der Waals surface area contributed by atoms with Gasteiger partial charge in [-0.05, 0) is 145 Å². The number of alkyl halides is 18. The lowest BCUT2D eigenvalue weighted by molar-refractivity contribution is -0.579. The van der Waals surface area contributed by atoms with Gasteiger partial charge < -0.3 is 38.6 Å². The molecule has 0 saturated carbocycles. The van der Waals surface area contributed by atoms with Gasteiger partial charge in [-0.15, -0.1) is 0 Å². The molecule has 3 fully saturated rings. The summed E-state index contributed by atoms with van der Waals surface area (Å²) in [4.78, 5) is 78.4. The average molecular weight is 1890 g/mol. The van der Waals surface area contributed by atoms with E-state index in [1.807, 2.05) is 0 Å². The minimum Gasteiger partial charge on any atom is -0.445 e. The van der Waals surface area contributed by atoms with E-state index >= 15 is 0 Å². The van der Waals surface area contributed by atoms with Gasteiger partial charge >= 0.3 is 55.3 Å². The SMILES string of the molecule is C[C@@H](OC[C@@]1(c2ccccc2)CCC([N+](=O)[O-])CN1C(=O)OCc1ccccc1)c1cc(C(F)(F)F)cc(C(F)(F)F)c1.C[C@@H](OC[C@]1(c2ccccc2)CC[C@@](CO)([N+](=O)[O-])CN1C(=O)OCc1ccccc1)c1cc(C(F)(F)F)cc(C(F)(F)F)c1.C[C@@H](OC[C@]1(c2ccccc2)CC[C@](CO)([N+](=O)[O-])CN1C(=O)OCc1ccccc1)c1cc(C(F)(F)F)cc(C(F)(F)F)c1. The Labute approximate surface area is 748 Å². The van der Waals surface area contributed by atoms with Crippen LogP contribution in [0.2, 0.25) is 0 Å². The number of nitrogens with zero attached hydrogens (tertiary/aromatic N) is 6. The summed E-state index contributed by atoms with van der Waals surface area (Å²) in [6.07, 6.45) is -37.9. The van der Waals surface area contributed by atoms with E-state index in [2.05, 4.69) is 0 Å². The van der Waals surface area contributed by atoms with Gasteiger partial charge in [0.05, 0.1) is 108 Å². The lowest BCUT2D eigenvalue weighted by Gasteiger charge is -2.49. The molecular formula is C92H88F18N6O17. The first kappa shape index (κ1) is 103. The molecule has 0 aromatic heterocycles. The van der Waals surface area contributed by atoms with Crippen LogP contribution in [0.5, 0.6) is 0 Å². The van der Waals surface area contributed by atoms with Crippen molar-refractivity contribution >= 4 is 18.3 Å². The summed E-state index contributed by atoms with van der Waals surface area (Å²) in [5.41, 5.74) is -15.2. The third-order valence-corrected chi connectivity index (χ3v) is 23.6. The molecule has 41 heteroatoms. The Morgan fingerprint density at radius 3 is 0.820 bits per heavy atom. The smallest absolute Gasteiger partial charge is 0.416 e. The molecule has 0 spiro atoms. The Bertz CT molecular complexity index is 5130. The molecule has 0 radical (unpaired) electrons. The van der Waals surface area contributed by atoms with Crippen LogP contribution in [0.4, 0.5) is 93.4 Å². The lowest BCUT2D eigenvalue weighted by atomic mass is 9.75. The molecule has 23 nitrogen and oxygen atoms in total. The molecule has 3 aliphatic rings. The standard InChI is InChI=1S/2C31H30F6N2O6.C30H28F6N2O5/c2*1-21(23-14-25(30(32,33)34)16-26(15-23)31(35,36)37)45-20-29(24-10-6-3-7-11-24)13-12-28(19-40,39(42)43)18-38(29)27(41)44-17-22-8-4-2-5-9-22;1-20(22-14-24(29(31,32)33)16-25(15-22)30(34,35)36)43-19-28(23-10-6-3-7-11-23)13-12-26(38(40)41)17-37(28)27(39)42-18-21-8-4-2-5-9-21/h2*2-11,14-16,21,40H,12-13,17-20H2,1H3;2-11,14-16,20,26H,12-13,17-19H2,1H3/t21-,28+,29+;21-,28-,29+;20-,26?,28-/m111/s1. The quantitative estimate of drug-likeness (QED) is 0.0220. The first-order chi connectivity index (χ1) is 62.4. The maximum absolute atomic E-state index is 13.7. The molecule has 133 heavy (non-hydrogen) atoms. The molecule has 2 N–H and O–H groups in total. The Kier molecular flexibility index (Phi) is 32.6. The molecule has 9 aromatic rings. The highest BCUT2D eigenvalue weighted by Gasteiger charge is 2.60. The van der Waals surface area contributed by atoms with Crippen molar-refractivity contribution in [1.82, 2.24) is 14.7 Å². The van der Waals surface area contributed by atoms with Gasteiger partial charge in [-0.3, -0.25) is 45.0 Å². The van der Waals surface area contributed by atoms with Gasteiger partial charge in [0.15, 0.2) is 0 Å². The second kappa shape index (κ2) is 42.2. The van der Waals surface area contributed by atoms with E-state index in [4.69, 9.17) is 28.4 Å². The second-order valence-electron chi connectivity index (χ2n) is 32.2. The molecule has 3 saturated heterocycles. The number of likely N-dealkylation sites (tertiary alicyclic amines) is 3. The zero-order valence-electron chi connectivity index (χ0n) is 70.9. The average Bonchev–Trinajstić information content (AvgIpc) is 0.748. The molecule has 1 unspecified atom stereocenters. The van der Waals surface area contributed by atoms with Crippen LogP contribution in [0, 0.1) is 30.3 Å². The highest BCUT2D eigenvalue weighted by Crippen LogP contribution is 2.50. The zero-order chi connectivity index (χ0) is 97.5. The lowest BCUT2D eigenvalue weighted by Crippen LogP contribution is -2.65. The van der Waals surface area contributed by atoms with Crippen molar-refractivity contribution < 1.29 is 147 Å². The largest absolute Gasteiger partial charge is 0.445 e. The summed E-state index contributed by atoms with van der Waals surface area (Å²) in [6.45, 7) is -1.43. The number of ether oxygens (including phenoxy) is 6. The van der Waals surface area contributed by atoms with Gasteiger partial charge in [0.25, 0.3) is 11.1 Å². The van der Waals surface area contributed by atoms with E-state index in [1.165, 1.54) is 25.7 Å². The monoisotopic (exact) mass is 1890 g/mol. The number of amides is 3. The number of hydrogen-bond acceptors (Lipinski definition) is 17. The normalized spacial score (nSPS) is 20.9. The third kappa shape index (κ3) is 25.1. The van der Waals surface area contributed by atoms with Crippen molar-refractivity contribution in [3.8, 4) is 0 Å². The topological polar surface area (TPSA) is 286 Å². The fraction of sp³-hybridized carbons (Fsp3) is 0.380. The maximum Gasteiger partial charge on any atom is 0.416 e. The van der Waals surface area contributed by atoms with Crippen LogP contribution in [-0.4, -0.2) is 128 Å². The van der Waals surface area contributed by atoms with Crippen LogP contribution < -0.4 is 0 Å². The van der Waals surface area contributed by atoms with Crippen LogP contribution in [0.1, 0.15) is 161 Å². The van der Waals surface area contributed by atoms with Crippen molar-refractivity contribution in [3.05, 3.63) is 350 Å². The number of rotatable bonds is 26. The molecule has 12 rings (SSSR count). The van der Waals surface area contributed by atoms with E-state index in [0.29, 0.717) is 69.8 Å². The fourth-order valence-electron chi connectivity index (χ4n) is 15.7. The number of aliphatic hydroxyl groups excluding tert-OH is 2. The number of hydrogen-bond donors (Lipinski definition) is 2. The fourth-order valence-corrected chi connectivity index (χ4v) is 15.7. The van der Waals surface area contributed by atoms with Gasteiger partial charge in [-0.1, -0.05) is 182 Å². The molecular weight excluding hydrogens is 1800 g/mol. The number of piperidine rings is 3. The van der Waals surface area contributed by atoms with Crippen molar-refractivity contribution in [3.63, 3.8) is 0 Å². The number of nitro groups is 3. The summed E-state index contributed by atoms with van der Waals surface area (Å²) in [5.74, 6) is 0. The predicted molar refractivity (Wildman–Crippen MR) is 439 cm³/mol. The second-order valence-corrected chi connectivity index (χ2v) is 32.2. The molecule has 3 heterocycles. The number of aliphatic hydroxyl groups is 2.